The van der Waals surface area contributed by atoms with Crippen molar-refractivity contribution in [3.05, 3.63) is 65.7 Å². The Morgan fingerprint density at radius 1 is 1.06 bits per heavy atom. The van der Waals surface area contributed by atoms with Gasteiger partial charge in [0.1, 0.15) is 18.1 Å². The van der Waals surface area contributed by atoms with Crippen molar-refractivity contribution in [2.24, 2.45) is 5.73 Å². The molecule has 1 fully saturated rings. The standard InChI is InChI=1S/C24H29N3O5/c25-23(28)18-32-21-7-4-19(5-8-21)6-9-24(29)26-17-20-2-1-3-22(16-20)31-15-12-27-10-13-30-14-11-27/h1-9,16H,10-15,17-18H2,(H2,25,28)(H,26,29)/b9-6+. The lowest BCUT2D eigenvalue weighted by Crippen LogP contribution is -2.38. The van der Waals surface area contributed by atoms with Gasteiger partial charge in [0.25, 0.3) is 5.91 Å². The molecule has 0 aliphatic carbocycles. The normalized spacial score (nSPS) is 14.2. The Balaban J connectivity index is 1.40. The fraction of sp³-hybridized carbons (Fsp3) is 0.333. The summed E-state index contributed by atoms with van der Waals surface area (Å²) < 4.78 is 16.4. The molecule has 1 saturated heterocycles. The number of nitrogens with two attached hydrogens (primary N) is 1. The number of primary amides is 1. The van der Waals surface area contributed by atoms with Crippen molar-refractivity contribution in [1.29, 1.82) is 0 Å². The van der Waals surface area contributed by atoms with Gasteiger partial charge in [-0.05, 0) is 41.5 Å². The monoisotopic (exact) mass is 439 g/mol. The second-order valence-electron chi connectivity index (χ2n) is 7.33. The van der Waals surface area contributed by atoms with Gasteiger partial charge >= 0.3 is 0 Å². The zero-order valence-corrected chi connectivity index (χ0v) is 18.0. The Morgan fingerprint density at radius 3 is 2.59 bits per heavy atom. The molecule has 0 atom stereocenters. The first-order chi connectivity index (χ1) is 15.6. The van der Waals surface area contributed by atoms with Crippen LogP contribution in [0.4, 0.5) is 0 Å². The topological polar surface area (TPSA) is 103 Å². The summed E-state index contributed by atoms with van der Waals surface area (Å²) in [4.78, 5) is 25.2. The second-order valence-corrected chi connectivity index (χ2v) is 7.33. The Morgan fingerprint density at radius 2 is 1.84 bits per heavy atom. The molecule has 1 aliphatic rings. The molecule has 2 aromatic rings. The number of ether oxygens (including phenoxy) is 3. The highest BCUT2D eigenvalue weighted by atomic mass is 16.5. The summed E-state index contributed by atoms with van der Waals surface area (Å²) >= 11 is 0. The lowest BCUT2D eigenvalue weighted by Gasteiger charge is -2.26. The number of carbonyl (C=O) groups excluding carboxylic acids is 2. The second kappa shape index (κ2) is 12.5. The predicted octanol–water partition coefficient (Wildman–Crippen LogP) is 1.59. The summed E-state index contributed by atoms with van der Waals surface area (Å²) in [6, 6.07) is 14.7. The van der Waals surface area contributed by atoms with Gasteiger partial charge in [0.2, 0.25) is 5.91 Å². The number of hydrogen-bond acceptors (Lipinski definition) is 6. The van der Waals surface area contributed by atoms with Crippen LogP contribution in [0, 0.1) is 0 Å². The van der Waals surface area contributed by atoms with Crippen LogP contribution in [0.5, 0.6) is 11.5 Å². The van der Waals surface area contributed by atoms with Gasteiger partial charge in [0.15, 0.2) is 6.61 Å². The number of benzene rings is 2. The van der Waals surface area contributed by atoms with E-state index in [9.17, 15) is 9.59 Å². The predicted molar refractivity (Wildman–Crippen MR) is 121 cm³/mol. The van der Waals surface area contributed by atoms with Crippen LogP contribution in [0.15, 0.2) is 54.6 Å². The number of rotatable bonds is 11. The van der Waals surface area contributed by atoms with E-state index in [2.05, 4.69) is 10.2 Å². The Bertz CT molecular complexity index is 908. The summed E-state index contributed by atoms with van der Waals surface area (Å²) in [6.45, 7) is 5.16. The largest absolute Gasteiger partial charge is 0.492 e. The van der Waals surface area contributed by atoms with Gasteiger partial charge in [-0.15, -0.1) is 0 Å². The lowest BCUT2D eigenvalue weighted by molar-refractivity contribution is -0.120. The van der Waals surface area contributed by atoms with E-state index in [1.54, 1.807) is 30.3 Å². The van der Waals surface area contributed by atoms with Crippen molar-refractivity contribution in [2.45, 2.75) is 6.54 Å². The molecule has 1 heterocycles. The summed E-state index contributed by atoms with van der Waals surface area (Å²) in [5.41, 5.74) is 6.85. The van der Waals surface area contributed by atoms with Crippen LogP contribution in [-0.2, 0) is 20.9 Å². The van der Waals surface area contributed by atoms with Gasteiger partial charge in [-0.2, -0.15) is 0 Å². The molecule has 2 aromatic carbocycles. The van der Waals surface area contributed by atoms with E-state index in [1.807, 2.05) is 24.3 Å². The Hall–Kier alpha value is -3.36. The van der Waals surface area contributed by atoms with Crippen LogP contribution in [0.25, 0.3) is 6.08 Å². The molecule has 8 nitrogen and oxygen atoms in total. The van der Waals surface area contributed by atoms with Crippen molar-refractivity contribution < 1.29 is 23.8 Å². The average Bonchev–Trinajstić information content (AvgIpc) is 2.82. The van der Waals surface area contributed by atoms with Crippen LogP contribution in [0.1, 0.15) is 11.1 Å². The van der Waals surface area contributed by atoms with Crippen molar-refractivity contribution in [2.75, 3.05) is 46.1 Å². The Labute approximate surface area is 187 Å². The first-order valence-electron chi connectivity index (χ1n) is 10.6. The minimum absolute atomic E-state index is 0.169. The van der Waals surface area contributed by atoms with E-state index in [0.29, 0.717) is 18.9 Å². The average molecular weight is 440 g/mol. The smallest absolute Gasteiger partial charge is 0.255 e. The maximum Gasteiger partial charge on any atom is 0.255 e. The molecule has 0 unspecified atom stereocenters. The van der Waals surface area contributed by atoms with Crippen molar-refractivity contribution in [3.63, 3.8) is 0 Å². The molecule has 0 saturated carbocycles. The third kappa shape index (κ3) is 8.41. The third-order valence-corrected chi connectivity index (χ3v) is 4.83. The lowest BCUT2D eigenvalue weighted by atomic mass is 10.2. The summed E-state index contributed by atoms with van der Waals surface area (Å²) in [5.74, 6) is 0.602. The molecule has 0 radical (unpaired) electrons. The van der Waals surface area contributed by atoms with Crippen molar-refractivity contribution in [1.82, 2.24) is 10.2 Å². The zero-order chi connectivity index (χ0) is 22.6. The van der Waals surface area contributed by atoms with E-state index < -0.39 is 5.91 Å². The third-order valence-electron chi connectivity index (χ3n) is 4.83. The SMILES string of the molecule is NC(=O)COc1ccc(/C=C/C(=O)NCc2cccc(OCCN3CCOCC3)c2)cc1. The Kier molecular flexibility index (Phi) is 9.09. The maximum atomic E-state index is 12.1. The minimum atomic E-state index is -0.532. The van der Waals surface area contributed by atoms with Crippen LogP contribution in [0.3, 0.4) is 0 Å². The van der Waals surface area contributed by atoms with Gasteiger partial charge in [0.05, 0.1) is 13.2 Å². The van der Waals surface area contributed by atoms with Crippen molar-refractivity contribution >= 4 is 17.9 Å². The summed E-state index contributed by atoms with van der Waals surface area (Å²) in [6.07, 6.45) is 3.18. The molecule has 32 heavy (non-hydrogen) atoms. The number of amides is 2. The van der Waals surface area contributed by atoms with Gasteiger partial charge < -0.3 is 25.3 Å². The molecule has 3 rings (SSSR count). The molecular formula is C24H29N3O5. The van der Waals surface area contributed by atoms with Gasteiger partial charge in [-0.3, -0.25) is 14.5 Å². The highest BCUT2D eigenvalue weighted by Crippen LogP contribution is 2.14. The maximum absolute atomic E-state index is 12.1. The van der Waals surface area contributed by atoms with Crippen LogP contribution in [-0.4, -0.2) is 62.8 Å². The molecule has 0 bridgehead atoms. The molecule has 0 spiro atoms. The van der Waals surface area contributed by atoms with Crippen LogP contribution in [0.2, 0.25) is 0 Å². The summed E-state index contributed by atoms with van der Waals surface area (Å²) in [5, 5.41) is 2.87. The van der Waals surface area contributed by atoms with Crippen molar-refractivity contribution in [3.8, 4) is 11.5 Å². The van der Waals surface area contributed by atoms with E-state index in [4.69, 9.17) is 19.9 Å². The fourth-order valence-electron chi connectivity index (χ4n) is 3.11. The molecule has 8 heteroatoms. The highest BCUT2D eigenvalue weighted by molar-refractivity contribution is 5.91. The van der Waals surface area contributed by atoms with E-state index in [-0.39, 0.29) is 12.5 Å². The molecule has 1 aliphatic heterocycles. The minimum Gasteiger partial charge on any atom is -0.492 e. The fourth-order valence-corrected chi connectivity index (χ4v) is 3.11. The number of carbonyl (C=O) groups is 2. The van der Waals surface area contributed by atoms with Crippen LogP contribution >= 0.6 is 0 Å². The van der Waals surface area contributed by atoms with Gasteiger partial charge in [-0.1, -0.05) is 24.3 Å². The molecule has 3 N–H and O–H groups in total. The molecule has 2 amide bonds. The first kappa shape index (κ1) is 23.3. The van der Waals surface area contributed by atoms with Gasteiger partial charge in [0, 0.05) is 32.3 Å². The number of nitrogens with one attached hydrogen (secondary N) is 1. The molecular weight excluding hydrogens is 410 g/mol. The number of hydrogen-bond donors (Lipinski definition) is 2. The van der Waals surface area contributed by atoms with E-state index in [1.165, 1.54) is 6.08 Å². The van der Waals surface area contributed by atoms with Gasteiger partial charge in [-0.25, -0.2) is 0 Å². The van der Waals surface area contributed by atoms with E-state index >= 15 is 0 Å². The first-order valence-corrected chi connectivity index (χ1v) is 10.6. The van der Waals surface area contributed by atoms with E-state index in [0.717, 1.165) is 49.7 Å². The number of morpholine rings is 1. The van der Waals surface area contributed by atoms with Crippen LogP contribution < -0.4 is 20.5 Å². The number of nitrogens with zero attached hydrogens (tertiary/aromatic N) is 1. The molecule has 170 valence electrons. The quantitative estimate of drug-likeness (QED) is 0.516. The highest BCUT2D eigenvalue weighted by Gasteiger charge is 2.09. The summed E-state index contributed by atoms with van der Waals surface area (Å²) in [7, 11) is 0. The molecule has 0 aromatic heterocycles. The zero-order valence-electron chi connectivity index (χ0n) is 18.0.